The first-order chi connectivity index (χ1) is 12.0. The maximum atomic E-state index is 11.1. The normalized spacial score (nSPS) is 25.9. The lowest BCUT2D eigenvalue weighted by atomic mass is 9.72. The second-order valence-electron chi connectivity index (χ2n) is 7.26. The summed E-state index contributed by atoms with van der Waals surface area (Å²) in [5.41, 5.74) is 6.79. The number of phenolic OH excluding ortho intramolecular Hbond substituents is 1. The van der Waals surface area contributed by atoms with Gasteiger partial charge in [-0.05, 0) is 83.1 Å². The Morgan fingerprint density at radius 1 is 1.08 bits per heavy atom. The van der Waals surface area contributed by atoms with E-state index in [-0.39, 0.29) is 10.6 Å². The van der Waals surface area contributed by atoms with Gasteiger partial charge in [0.25, 0.3) is 0 Å². The molecule has 2 unspecified atom stereocenters. The molecule has 3 aliphatic rings. The maximum Gasteiger partial charge on any atom is 0.138 e. The Hall–Kier alpha value is -1.000. The number of phenols is 1. The van der Waals surface area contributed by atoms with Crippen molar-refractivity contribution in [2.24, 2.45) is 5.92 Å². The molecule has 1 aromatic carbocycles. The number of aliphatic hydroxyl groups is 1. The summed E-state index contributed by atoms with van der Waals surface area (Å²) in [7, 11) is 0. The summed E-state index contributed by atoms with van der Waals surface area (Å²) in [6.45, 7) is 2.19. The van der Waals surface area contributed by atoms with Crippen molar-refractivity contribution in [3.05, 3.63) is 56.3 Å². The number of hydrogen-bond acceptors (Lipinski definition) is 2. The molecule has 0 fully saturated rings. The molecule has 0 saturated carbocycles. The molecule has 2 N–H and O–H groups in total. The Balaban J connectivity index is 2.01. The molecular formula is C21H22Br2O2. The fourth-order valence-corrected chi connectivity index (χ4v) is 5.55. The highest BCUT2D eigenvalue weighted by atomic mass is 79.9. The second-order valence-corrected chi connectivity index (χ2v) is 9.10. The van der Waals surface area contributed by atoms with Crippen LogP contribution in [0.5, 0.6) is 5.75 Å². The Bertz CT molecular complexity index is 833. The average Bonchev–Trinajstić information content (AvgIpc) is 2.63. The molecule has 4 rings (SSSR count). The summed E-state index contributed by atoms with van der Waals surface area (Å²) in [6.07, 6.45) is 10.4. The van der Waals surface area contributed by atoms with E-state index < -0.39 is 0 Å². The smallest absolute Gasteiger partial charge is 0.138 e. The molecular weight excluding hydrogens is 444 g/mol. The molecule has 0 radical (unpaired) electrons. The zero-order valence-electron chi connectivity index (χ0n) is 14.3. The Labute approximate surface area is 165 Å². The first-order valence-electron chi connectivity index (χ1n) is 8.98. The number of aromatic hydroxyl groups is 1. The SMILES string of the molecule is CC1C2=C(CCCC2)C(c2c(O)c(Br)cc3c2CC=CC3)=C(O)C1Br. The van der Waals surface area contributed by atoms with Gasteiger partial charge in [-0.2, -0.15) is 0 Å². The number of aliphatic hydroxyl groups excluding tert-OH is 1. The van der Waals surface area contributed by atoms with Crippen molar-refractivity contribution < 1.29 is 10.2 Å². The lowest BCUT2D eigenvalue weighted by Crippen LogP contribution is -2.26. The number of benzene rings is 1. The minimum Gasteiger partial charge on any atom is -0.510 e. The van der Waals surface area contributed by atoms with Gasteiger partial charge in [-0.25, -0.2) is 0 Å². The molecule has 0 aromatic heterocycles. The van der Waals surface area contributed by atoms with E-state index in [1.807, 2.05) is 6.07 Å². The third-order valence-corrected chi connectivity index (χ3v) is 7.68. The molecule has 0 amide bonds. The predicted molar refractivity (Wildman–Crippen MR) is 109 cm³/mol. The number of hydrogen-bond donors (Lipinski definition) is 2. The van der Waals surface area contributed by atoms with Crippen molar-refractivity contribution >= 4 is 37.4 Å². The van der Waals surface area contributed by atoms with Crippen LogP contribution in [0.4, 0.5) is 0 Å². The van der Waals surface area contributed by atoms with Crippen LogP contribution in [0.1, 0.15) is 49.3 Å². The highest BCUT2D eigenvalue weighted by molar-refractivity contribution is 9.10. The van der Waals surface area contributed by atoms with Gasteiger partial charge in [0.1, 0.15) is 11.5 Å². The van der Waals surface area contributed by atoms with Gasteiger partial charge < -0.3 is 10.2 Å². The van der Waals surface area contributed by atoms with Crippen LogP contribution in [0.3, 0.4) is 0 Å². The van der Waals surface area contributed by atoms with E-state index in [0.717, 1.165) is 48.8 Å². The van der Waals surface area contributed by atoms with Crippen molar-refractivity contribution in [3.63, 3.8) is 0 Å². The second kappa shape index (κ2) is 6.62. The molecule has 0 aliphatic heterocycles. The minimum absolute atomic E-state index is 0.0903. The average molecular weight is 466 g/mol. The maximum absolute atomic E-state index is 11.1. The van der Waals surface area contributed by atoms with Gasteiger partial charge in [-0.3, -0.25) is 0 Å². The van der Waals surface area contributed by atoms with Crippen molar-refractivity contribution in [1.29, 1.82) is 0 Å². The number of allylic oxidation sites excluding steroid dienone is 6. The first-order valence-corrected chi connectivity index (χ1v) is 10.7. The highest BCUT2D eigenvalue weighted by Crippen LogP contribution is 2.51. The number of fused-ring (bicyclic) bond motifs is 1. The minimum atomic E-state index is -0.0903. The fraction of sp³-hybridized carbons (Fsp3) is 0.429. The molecule has 0 bridgehead atoms. The van der Waals surface area contributed by atoms with Crippen molar-refractivity contribution in [1.82, 2.24) is 0 Å². The van der Waals surface area contributed by atoms with Crippen LogP contribution in [-0.2, 0) is 12.8 Å². The van der Waals surface area contributed by atoms with Crippen molar-refractivity contribution in [3.8, 4) is 5.75 Å². The molecule has 2 nitrogen and oxygen atoms in total. The van der Waals surface area contributed by atoms with Crippen LogP contribution in [0.2, 0.25) is 0 Å². The van der Waals surface area contributed by atoms with Gasteiger partial charge in [0.15, 0.2) is 0 Å². The topological polar surface area (TPSA) is 40.5 Å². The molecule has 0 heterocycles. The standard InChI is InChI=1S/C21H22Br2O2/c1-11-13-7-4-5-9-15(13)18(21(25)19(11)23)17-14-8-3-2-6-12(14)10-16(22)20(17)24/h2-3,10-11,19,24-25H,4-9H2,1H3. The van der Waals surface area contributed by atoms with Crippen molar-refractivity contribution in [2.75, 3.05) is 0 Å². The number of rotatable bonds is 1. The number of halogens is 2. The van der Waals surface area contributed by atoms with E-state index in [2.05, 4.69) is 50.9 Å². The highest BCUT2D eigenvalue weighted by Gasteiger charge is 2.37. The van der Waals surface area contributed by atoms with Gasteiger partial charge in [0, 0.05) is 11.1 Å². The molecule has 3 aliphatic carbocycles. The van der Waals surface area contributed by atoms with Crippen molar-refractivity contribution in [2.45, 2.75) is 50.3 Å². The summed E-state index contributed by atoms with van der Waals surface area (Å²) in [5, 5.41) is 22.0. The molecule has 0 spiro atoms. The molecule has 1 aromatic rings. The largest absolute Gasteiger partial charge is 0.510 e. The van der Waals surface area contributed by atoms with Gasteiger partial charge in [0.2, 0.25) is 0 Å². The molecule has 4 heteroatoms. The van der Waals surface area contributed by atoms with E-state index in [0.29, 0.717) is 16.1 Å². The van der Waals surface area contributed by atoms with Crippen LogP contribution in [0, 0.1) is 5.92 Å². The monoisotopic (exact) mass is 464 g/mol. The van der Waals surface area contributed by atoms with E-state index in [1.54, 1.807) is 0 Å². The van der Waals surface area contributed by atoms with Gasteiger partial charge in [-0.15, -0.1) is 0 Å². The summed E-state index contributed by atoms with van der Waals surface area (Å²) in [5.74, 6) is 0.921. The third kappa shape index (κ3) is 2.73. The summed E-state index contributed by atoms with van der Waals surface area (Å²) < 4.78 is 0.708. The summed E-state index contributed by atoms with van der Waals surface area (Å²) >= 11 is 7.23. The van der Waals surface area contributed by atoms with Crippen LogP contribution < -0.4 is 0 Å². The van der Waals surface area contributed by atoms with Crippen LogP contribution in [0.15, 0.2) is 39.6 Å². The van der Waals surface area contributed by atoms with Gasteiger partial charge in [-0.1, -0.05) is 40.6 Å². The molecule has 25 heavy (non-hydrogen) atoms. The quantitative estimate of drug-likeness (QED) is 0.374. The van der Waals surface area contributed by atoms with Crippen LogP contribution in [-0.4, -0.2) is 15.0 Å². The van der Waals surface area contributed by atoms with Crippen LogP contribution >= 0.6 is 31.9 Å². The summed E-state index contributed by atoms with van der Waals surface area (Å²) in [6, 6.07) is 2.02. The Morgan fingerprint density at radius 2 is 1.80 bits per heavy atom. The Morgan fingerprint density at radius 3 is 2.60 bits per heavy atom. The zero-order valence-corrected chi connectivity index (χ0v) is 17.5. The van der Waals surface area contributed by atoms with E-state index in [4.69, 9.17) is 0 Å². The Kier molecular flexibility index (Phi) is 4.61. The van der Waals surface area contributed by atoms with Gasteiger partial charge >= 0.3 is 0 Å². The molecule has 2 atom stereocenters. The van der Waals surface area contributed by atoms with Gasteiger partial charge in [0.05, 0.1) is 9.30 Å². The fourth-order valence-electron chi connectivity index (χ4n) is 4.53. The van der Waals surface area contributed by atoms with E-state index >= 15 is 0 Å². The first kappa shape index (κ1) is 17.4. The predicted octanol–water partition coefficient (Wildman–Crippen LogP) is 6.36. The number of alkyl halides is 1. The molecule has 132 valence electrons. The van der Waals surface area contributed by atoms with E-state index in [1.165, 1.54) is 23.1 Å². The summed E-state index contributed by atoms with van der Waals surface area (Å²) in [4.78, 5) is -0.0903. The molecule has 0 saturated heterocycles. The van der Waals surface area contributed by atoms with Crippen LogP contribution in [0.25, 0.3) is 5.57 Å². The third-order valence-electron chi connectivity index (χ3n) is 5.85. The lowest BCUT2D eigenvalue weighted by molar-refractivity contribution is 0.369. The lowest BCUT2D eigenvalue weighted by Gasteiger charge is -2.36. The van der Waals surface area contributed by atoms with E-state index in [9.17, 15) is 10.2 Å². The zero-order chi connectivity index (χ0) is 17.7.